The number of rotatable bonds is 3. The highest BCUT2D eigenvalue weighted by atomic mass is 19.4. The van der Waals surface area contributed by atoms with Crippen LogP contribution in [0.2, 0.25) is 0 Å². The first-order chi connectivity index (χ1) is 11.7. The Kier molecular flexibility index (Phi) is 5.53. The summed E-state index contributed by atoms with van der Waals surface area (Å²) in [4.78, 5) is 12.3. The van der Waals surface area contributed by atoms with Gasteiger partial charge in [0.05, 0.1) is 17.5 Å². The SMILES string of the molecule is CC(C)(C(=O)NCC#Cc1cccc(C(F)(F)F)c1)c1ccccc1. The largest absolute Gasteiger partial charge is 0.416 e. The van der Waals surface area contributed by atoms with Gasteiger partial charge in [0.15, 0.2) is 0 Å². The van der Waals surface area contributed by atoms with Crippen LogP contribution in [0.5, 0.6) is 0 Å². The van der Waals surface area contributed by atoms with Gasteiger partial charge >= 0.3 is 6.18 Å². The van der Waals surface area contributed by atoms with E-state index in [-0.39, 0.29) is 18.0 Å². The molecule has 1 amide bonds. The van der Waals surface area contributed by atoms with E-state index in [4.69, 9.17) is 0 Å². The summed E-state index contributed by atoms with van der Waals surface area (Å²) in [6.07, 6.45) is -4.40. The van der Waals surface area contributed by atoms with Gasteiger partial charge in [0.2, 0.25) is 5.91 Å². The molecule has 0 radical (unpaired) electrons. The maximum atomic E-state index is 12.6. The Bertz CT molecular complexity index is 799. The minimum Gasteiger partial charge on any atom is -0.344 e. The molecule has 5 heteroatoms. The first kappa shape index (κ1) is 18.6. The molecule has 0 atom stereocenters. The lowest BCUT2D eigenvalue weighted by atomic mass is 9.84. The van der Waals surface area contributed by atoms with Gasteiger partial charge in [-0.15, -0.1) is 0 Å². The zero-order valence-electron chi connectivity index (χ0n) is 13.9. The van der Waals surface area contributed by atoms with Crippen molar-refractivity contribution in [1.82, 2.24) is 5.32 Å². The molecule has 0 saturated heterocycles. The van der Waals surface area contributed by atoms with Crippen LogP contribution < -0.4 is 5.32 Å². The molecule has 0 heterocycles. The minimum atomic E-state index is -4.40. The van der Waals surface area contributed by atoms with Crippen molar-refractivity contribution in [3.8, 4) is 11.8 Å². The summed E-state index contributed by atoms with van der Waals surface area (Å²) in [7, 11) is 0. The van der Waals surface area contributed by atoms with E-state index < -0.39 is 17.2 Å². The second-order valence-corrected chi connectivity index (χ2v) is 6.05. The molecule has 0 aromatic heterocycles. The fraction of sp³-hybridized carbons (Fsp3) is 0.250. The van der Waals surface area contributed by atoms with E-state index in [0.29, 0.717) is 0 Å². The predicted molar refractivity (Wildman–Crippen MR) is 90.8 cm³/mol. The van der Waals surface area contributed by atoms with Gasteiger partial charge in [-0.25, -0.2) is 0 Å². The molecule has 0 aliphatic carbocycles. The Morgan fingerprint density at radius 3 is 2.28 bits per heavy atom. The maximum absolute atomic E-state index is 12.6. The molecular weight excluding hydrogens is 327 g/mol. The average molecular weight is 345 g/mol. The predicted octanol–water partition coefficient (Wildman–Crippen LogP) is 4.15. The lowest BCUT2D eigenvalue weighted by molar-refractivity contribution is -0.137. The van der Waals surface area contributed by atoms with Crippen LogP contribution in [-0.2, 0) is 16.4 Å². The molecule has 0 bridgehead atoms. The monoisotopic (exact) mass is 345 g/mol. The standard InChI is InChI=1S/C20H18F3NO/c1-19(2,16-10-4-3-5-11-16)18(25)24-13-7-9-15-8-6-12-17(14-15)20(21,22)23/h3-6,8,10-12,14H,13H2,1-2H3,(H,24,25). The molecule has 0 unspecified atom stereocenters. The Labute approximate surface area is 145 Å². The number of benzene rings is 2. The first-order valence-corrected chi connectivity index (χ1v) is 7.71. The molecule has 2 nitrogen and oxygen atoms in total. The van der Waals surface area contributed by atoms with Crippen LogP contribution in [0, 0.1) is 11.8 Å². The fourth-order valence-electron chi connectivity index (χ4n) is 2.25. The maximum Gasteiger partial charge on any atom is 0.416 e. The fourth-order valence-corrected chi connectivity index (χ4v) is 2.25. The number of hydrogen-bond acceptors (Lipinski definition) is 1. The van der Waals surface area contributed by atoms with E-state index in [1.54, 1.807) is 13.8 Å². The van der Waals surface area contributed by atoms with Crippen molar-refractivity contribution >= 4 is 5.91 Å². The summed E-state index contributed by atoms with van der Waals surface area (Å²) < 4.78 is 37.9. The number of amides is 1. The molecule has 0 saturated carbocycles. The summed E-state index contributed by atoms with van der Waals surface area (Å²) >= 11 is 0. The average Bonchev–Trinajstić information content (AvgIpc) is 2.59. The van der Waals surface area contributed by atoms with Crippen LogP contribution in [0.25, 0.3) is 0 Å². The summed E-state index contributed by atoms with van der Waals surface area (Å²) in [5, 5.41) is 2.70. The van der Waals surface area contributed by atoms with Gasteiger partial charge < -0.3 is 5.32 Å². The molecule has 0 spiro atoms. The normalized spacial score (nSPS) is 11.4. The van der Waals surface area contributed by atoms with Crippen molar-refractivity contribution in [3.63, 3.8) is 0 Å². The molecule has 2 aromatic carbocycles. The van der Waals surface area contributed by atoms with E-state index in [2.05, 4.69) is 17.2 Å². The lowest BCUT2D eigenvalue weighted by Crippen LogP contribution is -2.40. The van der Waals surface area contributed by atoms with E-state index in [1.807, 2.05) is 30.3 Å². The molecule has 0 aliphatic rings. The number of nitrogens with one attached hydrogen (secondary N) is 1. The summed E-state index contributed by atoms with van der Waals surface area (Å²) in [5.41, 5.74) is -0.336. The topological polar surface area (TPSA) is 29.1 Å². The second kappa shape index (κ2) is 7.43. The Balaban J connectivity index is 2.00. The zero-order chi connectivity index (χ0) is 18.5. The first-order valence-electron chi connectivity index (χ1n) is 7.71. The number of carbonyl (C=O) groups excluding carboxylic acids is 1. The molecule has 0 aliphatic heterocycles. The number of carbonyl (C=O) groups is 1. The third-order valence-electron chi connectivity index (χ3n) is 3.82. The second-order valence-electron chi connectivity index (χ2n) is 6.05. The van der Waals surface area contributed by atoms with Gasteiger partial charge in [-0.2, -0.15) is 13.2 Å². The Morgan fingerprint density at radius 2 is 1.64 bits per heavy atom. The van der Waals surface area contributed by atoms with Gasteiger partial charge in [0.1, 0.15) is 0 Å². The number of halogens is 3. The third-order valence-corrected chi connectivity index (χ3v) is 3.82. The molecule has 25 heavy (non-hydrogen) atoms. The zero-order valence-corrected chi connectivity index (χ0v) is 13.9. The van der Waals surface area contributed by atoms with Crippen molar-refractivity contribution in [2.75, 3.05) is 6.54 Å². The van der Waals surface area contributed by atoms with Crippen LogP contribution in [0.4, 0.5) is 13.2 Å². The van der Waals surface area contributed by atoms with Crippen LogP contribution >= 0.6 is 0 Å². The van der Waals surface area contributed by atoms with Gasteiger partial charge in [0.25, 0.3) is 0 Å². The van der Waals surface area contributed by atoms with Crippen molar-refractivity contribution in [2.24, 2.45) is 0 Å². The van der Waals surface area contributed by atoms with Gasteiger partial charge in [-0.3, -0.25) is 4.79 Å². The smallest absolute Gasteiger partial charge is 0.344 e. The van der Waals surface area contributed by atoms with E-state index >= 15 is 0 Å². The van der Waals surface area contributed by atoms with Gasteiger partial charge in [-0.05, 0) is 37.6 Å². The molecule has 0 fully saturated rings. The van der Waals surface area contributed by atoms with Crippen molar-refractivity contribution in [3.05, 3.63) is 71.3 Å². The van der Waals surface area contributed by atoms with Crippen LogP contribution in [0.3, 0.4) is 0 Å². The highest BCUT2D eigenvalue weighted by Gasteiger charge is 2.30. The number of alkyl halides is 3. The Hall–Kier alpha value is -2.74. The molecule has 1 N–H and O–H groups in total. The van der Waals surface area contributed by atoms with Crippen molar-refractivity contribution in [2.45, 2.75) is 25.4 Å². The molecule has 130 valence electrons. The summed E-state index contributed by atoms with van der Waals surface area (Å²) in [5.74, 6) is 5.13. The molecule has 2 aromatic rings. The van der Waals surface area contributed by atoms with Crippen molar-refractivity contribution in [1.29, 1.82) is 0 Å². The quantitative estimate of drug-likeness (QED) is 0.832. The van der Waals surface area contributed by atoms with Crippen LogP contribution in [0.15, 0.2) is 54.6 Å². The summed E-state index contributed by atoms with van der Waals surface area (Å²) in [6, 6.07) is 14.1. The minimum absolute atomic E-state index is 0.0609. The highest BCUT2D eigenvalue weighted by molar-refractivity contribution is 5.87. The third kappa shape index (κ3) is 4.87. The summed E-state index contributed by atoms with van der Waals surface area (Å²) in [6.45, 7) is 3.67. The Morgan fingerprint density at radius 1 is 1.00 bits per heavy atom. The lowest BCUT2D eigenvalue weighted by Gasteiger charge is -2.23. The molecular formula is C20H18F3NO. The molecule has 2 rings (SSSR count). The van der Waals surface area contributed by atoms with E-state index in [1.165, 1.54) is 12.1 Å². The highest BCUT2D eigenvalue weighted by Crippen LogP contribution is 2.29. The van der Waals surface area contributed by atoms with Gasteiger partial charge in [-0.1, -0.05) is 48.2 Å². The van der Waals surface area contributed by atoms with Gasteiger partial charge in [0, 0.05) is 5.56 Å². The van der Waals surface area contributed by atoms with E-state index in [9.17, 15) is 18.0 Å². The van der Waals surface area contributed by atoms with Crippen LogP contribution in [0.1, 0.15) is 30.5 Å². The van der Waals surface area contributed by atoms with E-state index in [0.717, 1.165) is 17.7 Å². The number of hydrogen-bond donors (Lipinski definition) is 1. The van der Waals surface area contributed by atoms with Crippen molar-refractivity contribution < 1.29 is 18.0 Å². The van der Waals surface area contributed by atoms with Crippen LogP contribution in [-0.4, -0.2) is 12.5 Å².